The molecule has 0 aromatic heterocycles. The first-order valence-corrected chi connectivity index (χ1v) is 10.3. The van der Waals surface area contributed by atoms with E-state index in [4.69, 9.17) is 16.3 Å². The van der Waals surface area contributed by atoms with Gasteiger partial charge < -0.3 is 4.74 Å². The molecule has 6 nitrogen and oxygen atoms in total. The van der Waals surface area contributed by atoms with Crippen LogP contribution in [0.2, 0.25) is 5.02 Å². The third-order valence-corrected chi connectivity index (χ3v) is 7.08. The molecular formula is C22H20ClNO5. The van der Waals surface area contributed by atoms with Gasteiger partial charge in [-0.2, -0.15) is 0 Å². The van der Waals surface area contributed by atoms with E-state index < -0.39 is 5.97 Å². The number of ether oxygens (including phenoxy) is 1. The summed E-state index contributed by atoms with van der Waals surface area (Å²) in [6.45, 7) is -0.377. The van der Waals surface area contributed by atoms with Crippen LogP contribution in [0.1, 0.15) is 23.2 Å². The minimum atomic E-state index is -0.605. The number of halogens is 1. The Kier molecular flexibility index (Phi) is 4.35. The number of Topliss-reactive ketones (excluding diaryl/α,β-unsaturated/α-hetero) is 1. The van der Waals surface area contributed by atoms with Crippen molar-refractivity contribution in [2.45, 2.75) is 12.8 Å². The van der Waals surface area contributed by atoms with Crippen LogP contribution in [0.4, 0.5) is 0 Å². The lowest BCUT2D eigenvalue weighted by molar-refractivity contribution is -0.145. The minimum Gasteiger partial charge on any atom is -0.457 e. The Labute approximate surface area is 172 Å². The van der Waals surface area contributed by atoms with Crippen molar-refractivity contribution in [3.8, 4) is 0 Å². The van der Waals surface area contributed by atoms with Gasteiger partial charge in [0.15, 0.2) is 12.4 Å². The largest absolute Gasteiger partial charge is 0.457 e. The van der Waals surface area contributed by atoms with Crippen LogP contribution < -0.4 is 0 Å². The summed E-state index contributed by atoms with van der Waals surface area (Å²) in [7, 11) is 0. The van der Waals surface area contributed by atoms with Crippen molar-refractivity contribution in [3.05, 3.63) is 47.0 Å². The molecule has 2 amide bonds. The molecule has 2 saturated carbocycles. The molecule has 0 unspecified atom stereocenters. The fraction of sp³-hybridized carbons (Fsp3) is 0.455. The highest BCUT2D eigenvalue weighted by Gasteiger charge is 2.66. The van der Waals surface area contributed by atoms with Crippen molar-refractivity contribution in [3.63, 3.8) is 0 Å². The highest BCUT2D eigenvalue weighted by Crippen LogP contribution is 2.65. The molecule has 150 valence electrons. The van der Waals surface area contributed by atoms with E-state index in [-0.39, 0.29) is 60.8 Å². The van der Waals surface area contributed by atoms with Gasteiger partial charge in [-0.25, -0.2) is 0 Å². The SMILES string of the molecule is O=C(CCN1C(=O)[C@@H]2[C@H]3C=C[C@@H]([C@@H]4C[C@@H]34)[C@H]2C1=O)OCC(=O)c1ccc(Cl)cc1. The Morgan fingerprint density at radius 3 is 2.17 bits per heavy atom. The van der Waals surface area contributed by atoms with Crippen LogP contribution in [0.5, 0.6) is 0 Å². The summed E-state index contributed by atoms with van der Waals surface area (Å²) in [5.41, 5.74) is 0.401. The number of imide groups is 1. The molecule has 2 bridgehead atoms. The molecule has 0 N–H and O–H groups in total. The molecule has 3 fully saturated rings. The van der Waals surface area contributed by atoms with E-state index >= 15 is 0 Å². The van der Waals surface area contributed by atoms with Gasteiger partial charge in [-0.3, -0.25) is 24.1 Å². The van der Waals surface area contributed by atoms with Gasteiger partial charge in [0, 0.05) is 17.1 Å². The van der Waals surface area contributed by atoms with Gasteiger partial charge in [-0.15, -0.1) is 0 Å². The summed E-state index contributed by atoms with van der Waals surface area (Å²) >= 11 is 5.79. The number of amides is 2. The number of nitrogens with zero attached hydrogens (tertiary/aromatic N) is 1. The summed E-state index contributed by atoms with van der Waals surface area (Å²) < 4.78 is 5.03. The van der Waals surface area contributed by atoms with Gasteiger partial charge >= 0.3 is 5.97 Å². The standard InChI is InChI=1S/C22H20ClNO5/c23-12-3-1-11(2-4-12)17(25)10-29-18(26)7-8-24-21(27)19-13-5-6-14(16-9-15(13)16)20(19)22(24)28/h1-6,13-16,19-20H,7-10H2/t13-,14-,15-,16-,19+,20+/m0/s1. The normalized spacial score (nSPS) is 33.5. The number of rotatable bonds is 6. The molecular weight excluding hydrogens is 394 g/mol. The van der Waals surface area contributed by atoms with E-state index in [9.17, 15) is 19.2 Å². The highest BCUT2D eigenvalue weighted by atomic mass is 35.5. The summed E-state index contributed by atoms with van der Waals surface area (Å²) in [4.78, 5) is 51.1. The number of allylic oxidation sites excluding steroid dienone is 2. The summed E-state index contributed by atoms with van der Waals surface area (Å²) in [5, 5.41) is 0.514. The van der Waals surface area contributed by atoms with Crippen molar-refractivity contribution in [2.24, 2.45) is 35.5 Å². The van der Waals surface area contributed by atoms with Crippen LogP contribution >= 0.6 is 11.6 Å². The number of likely N-dealkylation sites (tertiary alicyclic amines) is 1. The second kappa shape index (κ2) is 6.80. The topological polar surface area (TPSA) is 80.8 Å². The average molecular weight is 414 g/mol. The van der Waals surface area contributed by atoms with Gasteiger partial charge in [-0.05, 0) is 54.4 Å². The van der Waals surface area contributed by atoms with Crippen molar-refractivity contribution in [1.82, 2.24) is 4.90 Å². The predicted molar refractivity (Wildman–Crippen MR) is 103 cm³/mol. The number of ketones is 1. The molecule has 1 aromatic carbocycles. The molecule has 1 heterocycles. The van der Waals surface area contributed by atoms with E-state index in [0.29, 0.717) is 22.4 Å². The Morgan fingerprint density at radius 1 is 1.00 bits per heavy atom. The van der Waals surface area contributed by atoms with Gasteiger partial charge in [0.25, 0.3) is 0 Å². The van der Waals surface area contributed by atoms with Crippen LogP contribution in [-0.4, -0.2) is 41.6 Å². The molecule has 0 radical (unpaired) electrons. The number of benzene rings is 1. The first-order chi connectivity index (χ1) is 14.0. The zero-order valence-corrected chi connectivity index (χ0v) is 16.4. The molecule has 6 rings (SSSR count). The van der Waals surface area contributed by atoms with E-state index in [0.717, 1.165) is 6.42 Å². The lowest BCUT2D eigenvalue weighted by Gasteiger charge is -2.37. The Balaban J connectivity index is 1.15. The summed E-state index contributed by atoms with van der Waals surface area (Å²) in [6.07, 6.45) is 5.24. The summed E-state index contributed by atoms with van der Waals surface area (Å²) in [5.74, 6) is -0.348. The van der Waals surface area contributed by atoms with Crippen LogP contribution in [0.25, 0.3) is 0 Å². The molecule has 6 atom stereocenters. The average Bonchev–Trinajstić information content (AvgIpc) is 3.50. The quantitative estimate of drug-likeness (QED) is 0.310. The van der Waals surface area contributed by atoms with Crippen LogP contribution in [0.15, 0.2) is 36.4 Å². The number of hydrogen-bond donors (Lipinski definition) is 0. The lowest BCUT2D eigenvalue weighted by atomic mass is 9.63. The van der Waals surface area contributed by atoms with Crippen LogP contribution in [0.3, 0.4) is 0 Å². The van der Waals surface area contributed by atoms with E-state index in [1.54, 1.807) is 24.3 Å². The van der Waals surface area contributed by atoms with Crippen LogP contribution in [-0.2, 0) is 19.1 Å². The van der Waals surface area contributed by atoms with Crippen molar-refractivity contribution in [1.29, 1.82) is 0 Å². The van der Waals surface area contributed by atoms with Gasteiger partial charge in [0.2, 0.25) is 11.8 Å². The van der Waals surface area contributed by atoms with Crippen molar-refractivity contribution >= 4 is 35.2 Å². The minimum absolute atomic E-state index is 0.00735. The zero-order chi connectivity index (χ0) is 20.3. The second-order valence-electron chi connectivity index (χ2n) is 8.32. The molecule has 1 saturated heterocycles. The predicted octanol–water partition coefficient (Wildman–Crippen LogP) is 2.51. The first kappa shape index (κ1) is 18.6. The number of hydrogen-bond acceptors (Lipinski definition) is 5. The number of carbonyl (C=O) groups is 4. The Hall–Kier alpha value is -2.47. The monoisotopic (exact) mass is 413 g/mol. The molecule has 1 aliphatic heterocycles. The molecule has 4 aliphatic carbocycles. The third kappa shape index (κ3) is 3.01. The van der Waals surface area contributed by atoms with Crippen molar-refractivity contribution < 1.29 is 23.9 Å². The molecule has 29 heavy (non-hydrogen) atoms. The molecule has 0 spiro atoms. The van der Waals surface area contributed by atoms with Gasteiger partial charge in [0.1, 0.15) is 0 Å². The van der Waals surface area contributed by atoms with E-state index in [2.05, 4.69) is 12.2 Å². The fourth-order valence-corrected chi connectivity index (χ4v) is 5.51. The lowest BCUT2D eigenvalue weighted by Crippen LogP contribution is -2.40. The van der Waals surface area contributed by atoms with Gasteiger partial charge in [0.05, 0.1) is 18.3 Å². The third-order valence-electron chi connectivity index (χ3n) is 6.82. The second-order valence-corrected chi connectivity index (χ2v) is 8.76. The van der Waals surface area contributed by atoms with Gasteiger partial charge in [-0.1, -0.05) is 23.8 Å². The molecule has 5 aliphatic rings. The highest BCUT2D eigenvalue weighted by molar-refractivity contribution is 6.30. The summed E-state index contributed by atoms with van der Waals surface area (Å²) in [6, 6.07) is 6.31. The number of carbonyl (C=O) groups excluding carboxylic acids is 4. The fourth-order valence-electron chi connectivity index (χ4n) is 5.38. The maximum Gasteiger partial charge on any atom is 0.308 e. The zero-order valence-electron chi connectivity index (χ0n) is 15.6. The Morgan fingerprint density at radius 2 is 1.59 bits per heavy atom. The maximum atomic E-state index is 12.8. The Bertz CT molecular complexity index is 903. The molecule has 7 heteroatoms. The molecule has 1 aromatic rings. The number of esters is 1. The van der Waals surface area contributed by atoms with E-state index in [1.807, 2.05) is 0 Å². The van der Waals surface area contributed by atoms with E-state index in [1.165, 1.54) is 4.90 Å². The van der Waals surface area contributed by atoms with Crippen molar-refractivity contribution in [2.75, 3.05) is 13.2 Å². The maximum absolute atomic E-state index is 12.8. The smallest absolute Gasteiger partial charge is 0.308 e. The first-order valence-electron chi connectivity index (χ1n) is 9.93. The van der Waals surface area contributed by atoms with Crippen LogP contribution in [0, 0.1) is 35.5 Å².